The third kappa shape index (κ3) is 8.20. The van der Waals surface area contributed by atoms with Crippen LogP contribution >= 0.6 is 24.0 Å². The smallest absolute Gasteiger partial charge is 0.251 e. The molecule has 3 aromatic rings. The van der Waals surface area contributed by atoms with Crippen LogP contribution in [-0.2, 0) is 19.6 Å². The molecule has 0 spiro atoms. The molecular weight excluding hydrogens is 527 g/mol. The highest BCUT2D eigenvalue weighted by Crippen LogP contribution is 2.10. The molecule has 1 heterocycles. The van der Waals surface area contributed by atoms with E-state index < -0.39 is 0 Å². The van der Waals surface area contributed by atoms with Crippen LogP contribution in [0.25, 0.3) is 0 Å². The lowest BCUT2D eigenvalue weighted by molar-refractivity contribution is 0.0939. The first-order valence-electron chi connectivity index (χ1n) is 11.0. The van der Waals surface area contributed by atoms with Crippen molar-refractivity contribution in [2.24, 2.45) is 4.99 Å². The number of halogens is 1. The van der Waals surface area contributed by atoms with E-state index in [-0.39, 0.29) is 35.9 Å². The molecule has 8 heteroatoms. The first-order chi connectivity index (χ1) is 15.6. The Morgan fingerprint density at radius 1 is 1.03 bits per heavy atom. The lowest BCUT2D eigenvalue weighted by Gasteiger charge is -2.15. The van der Waals surface area contributed by atoms with E-state index in [4.69, 9.17) is 0 Å². The first kappa shape index (κ1) is 26.4. The summed E-state index contributed by atoms with van der Waals surface area (Å²) in [6.07, 6.45) is 4.66. The Morgan fingerprint density at radius 2 is 1.73 bits per heavy atom. The molecule has 1 unspecified atom stereocenters. The number of guanidine groups is 1. The maximum atomic E-state index is 12.2. The second kappa shape index (κ2) is 13.6. The molecule has 3 N–H and O–H groups in total. The van der Waals surface area contributed by atoms with Crippen molar-refractivity contribution in [2.75, 3.05) is 7.05 Å². The Morgan fingerprint density at radius 3 is 2.36 bits per heavy atom. The van der Waals surface area contributed by atoms with Gasteiger partial charge in [0.15, 0.2) is 5.96 Å². The van der Waals surface area contributed by atoms with Crippen molar-refractivity contribution in [1.29, 1.82) is 0 Å². The molecule has 3 rings (SSSR count). The van der Waals surface area contributed by atoms with Crippen LogP contribution in [0.3, 0.4) is 0 Å². The molecule has 1 atom stereocenters. The highest BCUT2D eigenvalue weighted by molar-refractivity contribution is 14.0. The Bertz CT molecular complexity index is 1020. The molecule has 1 aromatic heterocycles. The average Bonchev–Trinajstić information content (AvgIpc) is 3.33. The summed E-state index contributed by atoms with van der Waals surface area (Å²) in [5, 5.41) is 14.0. The predicted octanol–water partition coefficient (Wildman–Crippen LogP) is 3.94. The number of benzene rings is 2. The number of rotatable bonds is 9. The number of nitrogens with zero attached hydrogens (tertiary/aromatic N) is 3. The van der Waals surface area contributed by atoms with Gasteiger partial charge < -0.3 is 16.0 Å². The molecule has 0 aliphatic heterocycles. The minimum atomic E-state index is -0.0369. The van der Waals surface area contributed by atoms with Gasteiger partial charge in [0.25, 0.3) is 5.91 Å². The van der Waals surface area contributed by atoms with Gasteiger partial charge in [-0.05, 0) is 48.2 Å². The van der Waals surface area contributed by atoms with Crippen molar-refractivity contribution >= 4 is 35.8 Å². The number of aromatic nitrogens is 2. The summed E-state index contributed by atoms with van der Waals surface area (Å²) in [7, 11) is 1.76. The third-order valence-electron chi connectivity index (χ3n) is 5.35. The van der Waals surface area contributed by atoms with Gasteiger partial charge in [-0.25, -0.2) is 0 Å². The number of nitrogens with one attached hydrogen (secondary N) is 3. The normalized spacial score (nSPS) is 11.9. The van der Waals surface area contributed by atoms with Crippen molar-refractivity contribution in [2.45, 2.75) is 45.9 Å². The molecule has 0 aliphatic carbocycles. The van der Waals surface area contributed by atoms with Gasteiger partial charge in [-0.1, -0.05) is 43.3 Å². The van der Waals surface area contributed by atoms with Crippen LogP contribution in [0, 0.1) is 0 Å². The van der Waals surface area contributed by atoms with Gasteiger partial charge in [-0.3, -0.25) is 14.5 Å². The molecule has 0 saturated carbocycles. The SMILES string of the molecule is CCC(C)NC(=O)c1ccc(CNC(=NC)NCc2ccccc2Cn2cccn2)cc1.I. The Labute approximate surface area is 213 Å². The highest BCUT2D eigenvalue weighted by Gasteiger charge is 2.09. The van der Waals surface area contributed by atoms with Crippen molar-refractivity contribution in [3.05, 3.63) is 89.2 Å². The molecule has 1 amide bonds. The maximum Gasteiger partial charge on any atom is 0.251 e. The van der Waals surface area contributed by atoms with Gasteiger partial charge in [-0.2, -0.15) is 5.10 Å². The molecule has 0 aliphatic rings. The number of amides is 1. The number of hydrogen-bond acceptors (Lipinski definition) is 3. The van der Waals surface area contributed by atoms with Gasteiger partial charge in [0.2, 0.25) is 0 Å². The fourth-order valence-electron chi connectivity index (χ4n) is 3.22. The number of carbonyl (C=O) groups excluding carboxylic acids is 1. The van der Waals surface area contributed by atoms with Gasteiger partial charge >= 0.3 is 0 Å². The molecule has 0 fully saturated rings. The molecule has 0 saturated heterocycles. The van der Waals surface area contributed by atoms with E-state index in [2.05, 4.69) is 45.1 Å². The summed E-state index contributed by atoms with van der Waals surface area (Å²) in [5.74, 6) is 0.683. The van der Waals surface area contributed by atoms with Gasteiger partial charge in [-0.15, -0.1) is 24.0 Å². The van der Waals surface area contributed by atoms with Gasteiger partial charge in [0.05, 0.1) is 6.54 Å². The standard InChI is InChI=1S/C25H32N6O.HI/c1-4-19(2)30-24(32)21-12-10-20(11-13-21)16-27-25(26-3)28-17-22-8-5-6-9-23(22)18-31-15-7-14-29-31;/h5-15,19H,4,16-18H2,1-3H3,(H,30,32)(H2,26,27,28);1H. The summed E-state index contributed by atoms with van der Waals surface area (Å²) in [6, 6.07) is 18.1. The van der Waals surface area contributed by atoms with E-state index in [1.807, 2.05) is 60.3 Å². The molecule has 7 nitrogen and oxygen atoms in total. The van der Waals surface area contributed by atoms with Crippen molar-refractivity contribution in [1.82, 2.24) is 25.7 Å². The zero-order valence-electron chi connectivity index (χ0n) is 19.4. The largest absolute Gasteiger partial charge is 0.352 e. The second-order valence-corrected chi connectivity index (χ2v) is 7.73. The van der Waals surface area contributed by atoms with Crippen LogP contribution in [0.2, 0.25) is 0 Å². The molecule has 33 heavy (non-hydrogen) atoms. The Hall–Kier alpha value is -2.88. The summed E-state index contributed by atoms with van der Waals surface area (Å²) in [6.45, 7) is 6.06. The molecule has 0 radical (unpaired) electrons. The summed E-state index contributed by atoms with van der Waals surface area (Å²) in [5.41, 5.74) is 4.16. The van der Waals surface area contributed by atoms with Crippen molar-refractivity contribution in [3.8, 4) is 0 Å². The number of carbonyl (C=O) groups is 1. The minimum absolute atomic E-state index is 0. The summed E-state index contributed by atoms with van der Waals surface area (Å²) in [4.78, 5) is 16.5. The van der Waals surface area contributed by atoms with E-state index in [9.17, 15) is 4.79 Å². The zero-order valence-corrected chi connectivity index (χ0v) is 21.7. The summed E-state index contributed by atoms with van der Waals surface area (Å²) >= 11 is 0. The zero-order chi connectivity index (χ0) is 22.8. The van der Waals surface area contributed by atoms with Crippen LogP contribution in [0.1, 0.15) is 47.3 Å². The van der Waals surface area contributed by atoms with E-state index in [1.165, 1.54) is 11.1 Å². The second-order valence-electron chi connectivity index (χ2n) is 7.73. The van der Waals surface area contributed by atoms with Crippen molar-refractivity contribution in [3.63, 3.8) is 0 Å². The molecule has 0 bridgehead atoms. The topological polar surface area (TPSA) is 83.3 Å². The van der Waals surface area contributed by atoms with Crippen LogP contribution in [0.5, 0.6) is 0 Å². The Balaban J connectivity index is 0.00000385. The molecular formula is C25H33IN6O. The quantitative estimate of drug-likeness (QED) is 0.210. The van der Waals surface area contributed by atoms with Crippen LogP contribution in [0.4, 0.5) is 0 Å². The predicted molar refractivity (Wildman–Crippen MR) is 144 cm³/mol. The lowest BCUT2D eigenvalue weighted by atomic mass is 10.1. The fourth-order valence-corrected chi connectivity index (χ4v) is 3.22. The minimum Gasteiger partial charge on any atom is -0.352 e. The average molecular weight is 560 g/mol. The van der Waals surface area contributed by atoms with Gasteiger partial charge in [0, 0.05) is 44.1 Å². The third-order valence-corrected chi connectivity index (χ3v) is 5.35. The maximum absolute atomic E-state index is 12.2. The lowest BCUT2D eigenvalue weighted by Crippen LogP contribution is -2.36. The highest BCUT2D eigenvalue weighted by atomic mass is 127. The monoisotopic (exact) mass is 560 g/mol. The summed E-state index contributed by atoms with van der Waals surface area (Å²) < 4.78 is 1.92. The van der Waals surface area contributed by atoms with E-state index >= 15 is 0 Å². The van der Waals surface area contributed by atoms with E-state index in [1.54, 1.807) is 13.2 Å². The number of hydrogen-bond donors (Lipinski definition) is 3. The van der Waals surface area contributed by atoms with Gasteiger partial charge in [0.1, 0.15) is 0 Å². The van der Waals surface area contributed by atoms with E-state index in [0.29, 0.717) is 18.7 Å². The molecule has 176 valence electrons. The molecule has 2 aromatic carbocycles. The number of aliphatic imine (C=N–C) groups is 1. The van der Waals surface area contributed by atoms with E-state index in [0.717, 1.165) is 24.5 Å². The Kier molecular flexibility index (Phi) is 10.9. The van der Waals surface area contributed by atoms with Crippen LogP contribution in [0.15, 0.2) is 72.0 Å². The van der Waals surface area contributed by atoms with Crippen LogP contribution < -0.4 is 16.0 Å². The first-order valence-corrected chi connectivity index (χ1v) is 11.0. The fraction of sp³-hybridized carbons (Fsp3) is 0.320. The van der Waals surface area contributed by atoms with Crippen LogP contribution in [-0.4, -0.2) is 34.7 Å². The van der Waals surface area contributed by atoms with Crippen molar-refractivity contribution < 1.29 is 4.79 Å².